The Bertz CT molecular complexity index is 1200. The van der Waals surface area contributed by atoms with Gasteiger partial charge in [0.1, 0.15) is 11.5 Å². The first kappa shape index (κ1) is 19.5. The number of imidazole rings is 1. The van der Waals surface area contributed by atoms with Gasteiger partial charge in [0.2, 0.25) is 0 Å². The summed E-state index contributed by atoms with van der Waals surface area (Å²) in [4.78, 5) is 25.8. The van der Waals surface area contributed by atoms with Crippen LogP contribution >= 0.6 is 0 Å². The van der Waals surface area contributed by atoms with Gasteiger partial charge in [-0.3, -0.25) is 4.90 Å². The molecule has 3 aromatic heterocycles. The van der Waals surface area contributed by atoms with Crippen molar-refractivity contribution in [1.82, 2.24) is 19.7 Å². The Balaban J connectivity index is 1.21. The van der Waals surface area contributed by atoms with Crippen LogP contribution in [0.2, 0.25) is 0 Å². The first-order valence-corrected chi connectivity index (χ1v) is 11.3. The second kappa shape index (κ2) is 7.44. The number of carbonyl (C=O) groups excluding carboxylic acids is 1. The van der Waals surface area contributed by atoms with Crippen LogP contribution in [0, 0.1) is 12.7 Å². The highest BCUT2D eigenvalue weighted by Gasteiger charge is 2.33. The largest absolute Gasteiger partial charge is 0.370 e. The lowest BCUT2D eigenvalue weighted by molar-refractivity contribution is 0.257. The summed E-state index contributed by atoms with van der Waals surface area (Å²) < 4.78 is 16.3. The predicted octanol–water partition coefficient (Wildman–Crippen LogP) is 3.10. The molecule has 6 rings (SSSR count). The zero-order chi connectivity index (χ0) is 21.8. The third-order valence-corrected chi connectivity index (χ3v) is 6.58. The number of urea groups is 1. The number of anilines is 3. The molecule has 9 heteroatoms. The van der Waals surface area contributed by atoms with Gasteiger partial charge in [0.25, 0.3) is 0 Å². The minimum absolute atomic E-state index is 0.123. The Morgan fingerprint density at radius 3 is 2.91 bits per heavy atom. The molecule has 1 aliphatic carbocycles. The van der Waals surface area contributed by atoms with Crippen molar-refractivity contribution in [2.75, 3.05) is 34.8 Å². The quantitative estimate of drug-likeness (QED) is 0.659. The van der Waals surface area contributed by atoms with E-state index in [0.29, 0.717) is 30.1 Å². The highest BCUT2D eigenvalue weighted by atomic mass is 19.1. The number of fused-ring (bicyclic) bond motifs is 2. The normalized spacial score (nSPS) is 20.2. The maximum atomic E-state index is 14.6. The third-order valence-electron chi connectivity index (χ3n) is 6.58. The summed E-state index contributed by atoms with van der Waals surface area (Å²) in [6.07, 6.45) is 9.57. The minimum atomic E-state index is -0.510. The monoisotopic (exact) mass is 435 g/mol. The molecule has 2 amide bonds. The molecule has 0 spiro atoms. The number of pyridine rings is 2. The van der Waals surface area contributed by atoms with E-state index in [1.54, 1.807) is 27.9 Å². The van der Waals surface area contributed by atoms with Crippen molar-refractivity contribution in [3.8, 4) is 0 Å². The predicted molar refractivity (Wildman–Crippen MR) is 121 cm³/mol. The molecule has 1 atom stereocenters. The number of hydrogen-bond donors (Lipinski definition) is 2. The third kappa shape index (κ3) is 3.46. The highest BCUT2D eigenvalue weighted by Crippen LogP contribution is 2.36. The van der Waals surface area contributed by atoms with E-state index in [0.717, 1.165) is 42.9 Å². The summed E-state index contributed by atoms with van der Waals surface area (Å²) in [6, 6.07) is 4.23. The number of carbonyl (C=O) groups is 1. The smallest absolute Gasteiger partial charge is 0.327 e. The number of amides is 2. The number of nitrogens with zero attached hydrogens (tertiary/aromatic N) is 5. The molecule has 1 saturated heterocycles. The van der Waals surface area contributed by atoms with Crippen molar-refractivity contribution >= 4 is 28.9 Å². The summed E-state index contributed by atoms with van der Waals surface area (Å²) in [7, 11) is 0. The van der Waals surface area contributed by atoms with Crippen molar-refractivity contribution < 1.29 is 9.18 Å². The first-order valence-electron chi connectivity index (χ1n) is 11.3. The second-order valence-corrected chi connectivity index (χ2v) is 9.02. The summed E-state index contributed by atoms with van der Waals surface area (Å²) >= 11 is 0. The van der Waals surface area contributed by atoms with Gasteiger partial charge >= 0.3 is 6.03 Å². The lowest BCUT2D eigenvalue weighted by Gasteiger charge is -2.22. The van der Waals surface area contributed by atoms with E-state index in [1.165, 1.54) is 18.9 Å². The SMILES string of the molecule is Cc1cn2cc(NC(=O)N3CCc4c(N5CC[C@@H](NC6CC6)C5)ccnc43)c(F)cc2n1. The van der Waals surface area contributed by atoms with Crippen molar-refractivity contribution in [2.45, 2.75) is 44.7 Å². The molecule has 0 unspecified atom stereocenters. The fraction of sp³-hybridized carbons (Fsp3) is 0.435. The van der Waals surface area contributed by atoms with Crippen LogP contribution in [0.25, 0.3) is 5.65 Å². The number of nitrogens with one attached hydrogen (secondary N) is 2. The summed E-state index contributed by atoms with van der Waals surface area (Å²) in [5.74, 6) is 0.155. The van der Waals surface area contributed by atoms with Crippen LogP contribution in [0.4, 0.5) is 26.4 Å². The molecule has 1 saturated carbocycles. The number of rotatable bonds is 4. The van der Waals surface area contributed by atoms with E-state index in [1.807, 2.05) is 6.92 Å². The molecule has 5 heterocycles. The molecular weight excluding hydrogens is 409 g/mol. The van der Waals surface area contributed by atoms with Crippen molar-refractivity contribution in [1.29, 1.82) is 0 Å². The van der Waals surface area contributed by atoms with Crippen LogP contribution in [-0.4, -0.2) is 52.1 Å². The van der Waals surface area contributed by atoms with Gasteiger partial charge in [-0.1, -0.05) is 0 Å². The fourth-order valence-electron chi connectivity index (χ4n) is 4.88. The Morgan fingerprint density at radius 1 is 1.19 bits per heavy atom. The molecule has 0 radical (unpaired) electrons. The van der Waals surface area contributed by atoms with Gasteiger partial charge in [0.15, 0.2) is 5.82 Å². The van der Waals surface area contributed by atoms with E-state index in [2.05, 4.69) is 31.6 Å². The van der Waals surface area contributed by atoms with Gasteiger partial charge in [0.05, 0.1) is 11.4 Å². The van der Waals surface area contributed by atoms with Crippen LogP contribution in [0.15, 0.2) is 30.7 Å². The van der Waals surface area contributed by atoms with Gasteiger partial charge < -0.3 is 19.9 Å². The molecule has 0 bridgehead atoms. The van der Waals surface area contributed by atoms with E-state index in [4.69, 9.17) is 0 Å². The van der Waals surface area contributed by atoms with Gasteiger partial charge in [0, 0.05) is 67.6 Å². The molecule has 2 fully saturated rings. The molecular formula is C23H26FN7O. The topological polar surface area (TPSA) is 77.8 Å². The summed E-state index contributed by atoms with van der Waals surface area (Å²) in [5, 5.41) is 6.44. The lowest BCUT2D eigenvalue weighted by Crippen LogP contribution is -2.34. The first-order chi connectivity index (χ1) is 15.5. The van der Waals surface area contributed by atoms with Crippen LogP contribution in [-0.2, 0) is 6.42 Å². The van der Waals surface area contributed by atoms with E-state index in [-0.39, 0.29) is 11.7 Å². The summed E-state index contributed by atoms with van der Waals surface area (Å²) in [6.45, 7) is 4.35. The molecule has 166 valence electrons. The van der Waals surface area contributed by atoms with Gasteiger partial charge in [-0.25, -0.2) is 19.2 Å². The Morgan fingerprint density at radius 2 is 2.06 bits per heavy atom. The molecule has 0 aromatic carbocycles. The van der Waals surface area contributed by atoms with Gasteiger partial charge in [-0.05, 0) is 38.7 Å². The molecule has 3 aromatic rings. The average Bonchev–Trinajstić information content (AvgIpc) is 3.14. The molecule has 32 heavy (non-hydrogen) atoms. The average molecular weight is 436 g/mol. The van der Waals surface area contributed by atoms with Crippen LogP contribution < -0.4 is 20.4 Å². The minimum Gasteiger partial charge on any atom is -0.370 e. The molecule has 2 N–H and O–H groups in total. The molecule has 2 aliphatic heterocycles. The number of aryl methyl sites for hydroxylation is 1. The van der Waals surface area contributed by atoms with Crippen LogP contribution in [0.1, 0.15) is 30.5 Å². The van der Waals surface area contributed by atoms with Crippen molar-refractivity contribution in [3.63, 3.8) is 0 Å². The fourth-order valence-corrected chi connectivity index (χ4v) is 4.88. The zero-order valence-electron chi connectivity index (χ0n) is 18.0. The van der Waals surface area contributed by atoms with Crippen molar-refractivity contribution in [3.05, 3.63) is 47.8 Å². The van der Waals surface area contributed by atoms with Gasteiger partial charge in [-0.2, -0.15) is 0 Å². The number of aromatic nitrogens is 3. The van der Waals surface area contributed by atoms with Crippen LogP contribution in [0.3, 0.4) is 0 Å². The summed E-state index contributed by atoms with van der Waals surface area (Å²) in [5.41, 5.74) is 3.67. The highest BCUT2D eigenvalue weighted by molar-refractivity contribution is 6.03. The maximum absolute atomic E-state index is 14.6. The Hall–Kier alpha value is -3.20. The Labute approximate surface area is 185 Å². The number of halogens is 1. The van der Waals surface area contributed by atoms with E-state index < -0.39 is 5.82 Å². The van der Waals surface area contributed by atoms with E-state index >= 15 is 0 Å². The van der Waals surface area contributed by atoms with Crippen molar-refractivity contribution in [2.24, 2.45) is 0 Å². The van der Waals surface area contributed by atoms with E-state index in [9.17, 15) is 9.18 Å². The van der Waals surface area contributed by atoms with Crippen LogP contribution in [0.5, 0.6) is 0 Å². The zero-order valence-corrected chi connectivity index (χ0v) is 18.0. The standard InChI is InChI=1S/C23H26FN7O/c1-14-11-30-13-19(18(24)10-21(30)26-14)28-23(32)31-9-6-17-20(4-7-25-22(17)31)29-8-5-16(12-29)27-15-2-3-15/h4,7,10-11,13,15-16,27H,2-3,5-6,8-9,12H2,1H3,(H,28,32)/t16-/m1/s1. The molecule has 8 nitrogen and oxygen atoms in total. The second-order valence-electron chi connectivity index (χ2n) is 9.02. The van der Waals surface area contributed by atoms with Gasteiger partial charge in [-0.15, -0.1) is 0 Å². The Kier molecular flexibility index (Phi) is 4.53. The lowest BCUT2D eigenvalue weighted by atomic mass is 10.2. The molecule has 3 aliphatic rings. The number of hydrogen-bond acceptors (Lipinski definition) is 5. The maximum Gasteiger partial charge on any atom is 0.327 e.